The lowest BCUT2D eigenvalue weighted by atomic mass is 9.98. The Morgan fingerprint density at radius 1 is 0.833 bits per heavy atom. The fraction of sp³-hybridized carbons (Fsp3) is 0.286. The lowest BCUT2D eigenvalue weighted by Gasteiger charge is -2.20. The van der Waals surface area contributed by atoms with Gasteiger partial charge in [0, 0.05) is 42.6 Å². The molecule has 6 rings (SSSR count). The Hall–Kier alpha value is -6.30. The lowest BCUT2D eigenvalue weighted by Crippen LogP contribution is -2.43. The Balaban J connectivity index is 1.23. The topological polar surface area (TPSA) is 143 Å². The Morgan fingerprint density at radius 2 is 1.50 bits per heavy atom. The third-order valence-corrected chi connectivity index (χ3v) is 9.01. The number of alkyl carbamates (subject to hydrolysis) is 1. The molecule has 54 heavy (non-hydrogen) atoms. The molecule has 0 radical (unpaired) electrons. The molecule has 2 amide bonds. The van der Waals surface area contributed by atoms with Crippen LogP contribution in [0.1, 0.15) is 48.9 Å². The second-order valence-electron chi connectivity index (χ2n) is 13.8. The summed E-state index contributed by atoms with van der Waals surface area (Å²) >= 11 is 0. The summed E-state index contributed by atoms with van der Waals surface area (Å²) in [5.74, 6) is -0.452. The smallest absolute Gasteiger partial charge is 0.419 e. The number of amides is 2. The van der Waals surface area contributed by atoms with Crippen LogP contribution in [0.15, 0.2) is 97.2 Å². The monoisotopic (exact) mass is 733 g/mol. The highest BCUT2D eigenvalue weighted by Gasteiger charge is 2.31. The van der Waals surface area contributed by atoms with E-state index in [2.05, 4.69) is 22.8 Å². The summed E-state index contributed by atoms with van der Waals surface area (Å²) in [6.45, 7) is 5.01. The van der Waals surface area contributed by atoms with E-state index in [1.807, 2.05) is 48.5 Å². The molecule has 0 spiro atoms. The Bertz CT molecular complexity index is 2140. The van der Waals surface area contributed by atoms with Crippen molar-refractivity contribution in [1.82, 2.24) is 15.2 Å². The lowest BCUT2D eigenvalue weighted by molar-refractivity contribution is -0.147. The van der Waals surface area contributed by atoms with Gasteiger partial charge >= 0.3 is 18.2 Å². The first kappa shape index (κ1) is 37.5. The molecule has 12 nitrogen and oxygen atoms in total. The second kappa shape index (κ2) is 16.2. The van der Waals surface area contributed by atoms with Crippen molar-refractivity contribution < 1.29 is 42.9 Å². The van der Waals surface area contributed by atoms with Crippen LogP contribution in [-0.4, -0.2) is 67.6 Å². The number of hydrogen-bond acceptors (Lipinski definition) is 9. The number of benzene rings is 4. The molecule has 0 saturated carbocycles. The molecular formula is C42H43N3O9. The van der Waals surface area contributed by atoms with E-state index in [0.717, 1.165) is 22.3 Å². The molecule has 1 atom stereocenters. The highest BCUT2D eigenvalue weighted by molar-refractivity contribution is 5.93. The largest absolute Gasteiger partial charge is 0.496 e. The minimum absolute atomic E-state index is 0.0251. The summed E-state index contributed by atoms with van der Waals surface area (Å²) in [7, 11) is 2.98. The van der Waals surface area contributed by atoms with E-state index in [0.29, 0.717) is 33.5 Å². The summed E-state index contributed by atoms with van der Waals surface area (Å²) in [5.41, 5.74) is 5.26. The van der Waals surface area contributed by atoms with E-state index in [-0.39, 0.29) is 38.1 Å². The number of rotatable bonds is 12. The molecule has 12 heteroatoms. The standard InChI is InChI=1S/C42H43N3O9/c1-42(2,3)54-41(49)45-22-27(29-12-10-11-17-36(29)45)20-35(39(47)52-23-26-18-19-28(21-37(26)50-5)51-25-38(46)43-4)44-40(48)53-24-34-32-15-8-6-13-30(32)31-14-7-9-16-33(31)34/h6-19,21-22,34-35H,20,23-25H2,1-5H3,(H,43,46)(H,44,48)/t35-/m1/s1. The van der Waals surface area contributed by atoms with Crippen molar-refractivity contribution >= 4 is 35.0 Å². The molecule has 0 saturated heterocycles. The number of ether oxygens (including phenoxy) is 5. The number of para-hydroxylation sites is 1. The van der Waals surface area contributed by atoms with E-state index in [4.69, 9.17) is 23.7 Å². The van der Waals surface area contributed by atoms with Gasteiger partial charge in [-0.05, 0) is 66.8 Å². The number of aromatic nitrogens is 1. The third-order valence-electron chi connectivity index (χ3n) is 9.01. The van der Waals surface area contributed by atoms with Crippen LogP contribution in [0.2, 0.25) is 0 Å². The summed E-state index contributed by atoms with van der Waals surface area (Å²) in [6, 6.07) is 26.9. The molecule has 4 aromatic carbocycles. The quantitative estimate of drug-likeness (QED) is 0.105. The minimum atomic E-state index is -1.21. The maximum absolute atomic E-state index is 13.9. The first-order valence-electron chi connectivity index (χ1n) is 17.6. The van der Waals surface area contributed by atoms with Crippen LogP contribution in [-0.2, 0) is 36.8 Å². The molecule has 0 unspecified atom stereocenters. The highest BCUT2D eigenvalue weighted by atomic mass is 16.6. The van der Waals surface area contributed by atoms with Crippen molar-refractivity contribution in [2.45, 2.75) is 51.4 Å². The van der Waals surface area contributed by atoms with E-state index in [1.165, 1.54) is 18.7 Å². The fourth-order valence-electron chi connectivity index (χ4n) is 6.47. The third kappa shape index (κ3) is 8.49. The molecule has 0 bridgehead atoms. The van der Waals surface area contributed by atoms with E-state index in [1.54, 1.807) is 57.3 Å². The van der Waals surface area contributed by atoms with Crippen LogP contribution in [0.5, 0.6) is 11.5 Å². The van der Waals surface area contributed by atoms with Crippen molar-refractivity contribution in [3.63, 3.8) is 0 Å². The van der Waals surface area contributed by atoms with Gasteiger partial charge in [-0.2, -0.15) is 0 Å². The van der Waals surface area contributed by atoms with Crippen LogP contribution < -0.4 is 20.1 Å². The van der Waals surface area contributed by atoms with Gasteiger partial charge in [-0.1, -0.05) is 66.7 Å². The van der Waals surface area contributed by atoms with Gasteiger partial charge in [0.2, 0.25) is 0 Å². The summed E-state index contributed by atoms with van der Waals surface area (Å²) in [4.78, 5) is 52.3. The number of hydrogen-bond donors (Lipinski definition) is 2. The van der Waals surface area contributed by atoms with Gasteiger partial charge < -0.3 is 34.3 Å². The predicted octanol–water partition coefficient (Wildman–Crippen LogP) is 6.75. The van der Waals surface area contributed by atoms with Crippen molar-refractivity contribution in [1.29, 1.82) is 0 Å². The molecule has 1 aliphatic carbocycles. The molecule has 1 aromatic heterocycles. The summed E-state index contributed by atoms with van der Waals surface area (Å²) < 4.78 is 29.6. The summed E-state index contributed by atoms with van der Waals surface area (Å²) in [5, 5.41) is 5.92. The van der Waals surface area contributed by atoms with E-state index in [9.17, 15) is 19.2 Å². The molecule has 1 heterocycles. The Labute approximate surface area is 313 Å². The summed E-state index contributed by atoms with van der Waals surface area (Å²) in [6.07, 6.45) is 0.204. The average molecular weight is 734 g/mol. The number of nitrogens with one attached hydrogen (secondary N) is 2. The number of methoxy groups -OCH3 is 1. The second-order valence-corrected chi connectivity index (χ2v) is 13.8. The molecule has 0 fully saturated rings. The van der Waals surface area contributed by atoms with Crippen LogP contribution in [0.3, 0.4) is 0 Å². The van der Waals surface area contributed by atoms with Crippen molar-refractivity contribution in [2.24, 2.45) is 0 Å². The van der Waals surface area contributed by atoms with Crippen molar-refractivity contribution in [3.05, 3.63) is 119 Å². The minimum Gasteiger partial charge on any atom is -0.496 e. The Kier molecular flexibility index (Phi) is 11.2. The predicted molar refractivity (Wildman–Crippen MR) is 202 cm³/mol. The fourth-order valence-corrected chi connectivity index (χ4v) is 6.47. The maximum Gasteiger partial charge on any atom is 0.419 e. The zero-order valence-corrected chi connectivity index (χ0v) is 30.8. The molecule has 0 aliphatic heterocycles. The van der Waals surface area contributed by atoms with Crippen LogP contribution in [0.25, 0.3) is 22.0 Å². The Morgan fingerprint density at radius 3 is 2.17 bits per heavy atom. The first-order valence-corrected chi connectivity index (χ1v) is 17.6. The number of nitrogens with zero attached hydrogens (tertiary/aromatic N) is 1. The van der Waals surface area contributed by atoms with E-state index < -0.39 is 29.8 Å². The maximum atomic E-state index is 13.9. The normalized spacial score (nSPS) is 12.6. The van der Waals surface area contributed by atoms with Crippen LogP contribution >= 0.6 is 0 Å². The zero-order valence-electron chi connectivity index (χ0n) is 30.8. The van der Waals surface area contributed by atoms with Gasteiger partial charge in [-0.25, -0.2) is 14.4 Å². The van der Waals surface area contributed by atoms with Crippen LogP contribution in [0, 0.1) is 0 Å². The number of esters is 1. The zero-order chi connectivity index (χ0) is 38.4. The SMILES string of the molecule is CNC(=O)COc1ccc(COC(=O)[C@@H](Cc2cn(C(=O)OC(C)(C)C)c3ccccc23)NC(=O)OCC2c3ccccc3-c3ccccc32)c(OC)c1. The average Bonchev–Trinajstić information content (AvgIpc) is 3.70. The van der Waals surface area contributed by atoms with Crippen molar-refractivity contribution in [2.75, 3.05) is 27.4 Å². The van der Waals surface area contributed by atoms with Gasteiger partial charge in [-0.15, -0.1) is 0 Å². The van der Waals surface area contributed by atoms with E-state index >= 15 is 0 Å². The van der Waals surface area contributed by atoms with Crippen LogP contribution in [0.4, 0.5) is 9.59 Å². The van der Waals surface area contributed by atoms with Gasteiger partial charge in [0.25, 0.3) is 5.91 Å². The first-order chi connectivity index (χ1) is 26.0. The molecule has 2 N–H and O–H groups in total. The van der Waals surface area contributed by atoms with Gasteiger partial charge in [0.05, 0.1) is 12.6 Å². The molecule has 280 valence electrons. The van der Waals surface area contributed by atoms with Gasteiger partial charge in [-0.3, -0.25) is 9.36 Å². The number of likely N-dealkylation sites (N-methyl/N-ethyl adjacent to an activating group) is 1. The molecule has 5 aromatic rings. The molecule has 1 aliphatic rings. The number of carbonyl (C=O) groups is 4. The van der Waals surface area contributed by atoms with Crippen molar-refractivity contribution in [3.8, 4) is 22.6 Å². The van der Waals surface area contributed by atoms with Gasteiger partial charge in [0.15, 0.2) is 6.61 Å². The van der Waals surface area contributed by atoms with Gasteiger partial charge in [0.1, 0.15) is 36.4 Å². The number of carbonyl (C=O) groups excluding carboxylic acids is 4. The number of fused-ring (bicyclic) bond motifs is 4. The highest BCUT2D eigenvalue weighted by Crippen LogP contribution is 2.44. The molecular weight excluding hydrogens is 690 g/mol.